The van der Waals surface area contributed by atoms with Crippen LogP contribution in [-0.2, 0) is 6.42 Å². The maximum Gasteiger partial charge on any atom is 0.254 e. The first-order valence-corrected chi connectivity index (χ1v) is 9.88. The number of likely N-dealkylation sites (tertiary alicyclic amines) is 1. The van der Waals surface area contributed by atoms with Crippen LogP contribution in [0, 0.1) is 5.82 Å². The van der Waals surface area contributed by atoms with E-state index in [1.54, 1.807) is 12.1 Å². The monoisotopic (exact) mass is 372 g/mol. The normalized spacial score (nSPS) is 17.5. The third kappa shape index (κ3) is 2.89. The molecule has 0 spiro atoms. The fraction of sp³-hybridized carbons (Fsp3) is 0.250. The molecule has 0 saturated carbocycles. The molecule has 1 aliphatic carbocycles. The van der Waals surface area contributed by atoms with E-state index in [-0.39, 0.29) is 11.7 Å². The molecule has 2 aliphatic rings. The summed E-state index contributed by atoms with van der Waals surface area (Å²) in [4.78, 5) is 20.1. The molecule has 28 heavy (non-hydrogen) atoms. The van der Waals surface area contributed by atoms with E-state index in [2.05, 4.69) is 6.08 Å². The predicted molar refractivity (Wildman–Crippen MR) is 109 cm³/mol. The Bertz CT molecular complexity index is 1100. The van der Waals surface area contributed by atoms with Gasteiger partial charge in [0.1, 0.15) is 5.82 Å². The molecule has 5 rings (SSSR count). The van der Waals surface area contributed by atoms with Gasteiger partial charge in [0.05, 0.1) is 16.8 Å². The second kappa shape index (κ2) is 6.86. The molecule has 1 aromatic heterocycles. The molecular weight excluding hydrogens is 351 g/mol. The average molecular weight is 372 g/mol. The number of fused-ring (bicyclic) bond motifs is 2. The summed E-state index contributed by atoms with van der Waals surface area (Å²) >= 11 is 0. The second-order valence-electron chi connectivity index (χ2n) is 7.55. The molecule has 0 atom stereocenters. The fourth-order valence-corrected chi connectivity index (χ4v) is 4.16. The summed E-state index contributed by atoms with van der Waals surface area (Å²) in [6, 6.07) is 14.4. The van der Waals surface area contributed by atoms with Gasteiger partial charge in [-0.2, -0.15) is 0 Å². The number of hydrogen-bond donors (Lipinski definition) is 0. The molecule has 3 aromatic rings. The first kappa shape index (κ1) is 17.1. The number of allylic oxidation sites excluding steroid dienone is 1. The Hall–Kier alpha value is -3.01. The van der Waals surface area contributed by atoms with Gasteiger partial charge in [0.15, 0.2) is 0 Å². The topological polar surface area (TPSA) is 33.2 Å². The minimum absolute atomic E-state index is 0.129. The van der Waals surface area contributed by atoms with E-state index < -0.39 is 0 Å². The summed E-state index contributed by atoms with van der Waals surface area (Å²) in [5, 5.41) is 0.946. The van der Waals surface area contributed by atoms with Crippen LogP contribution in [0.5, 0.6) is 0 Å². The van der Waals surface area contributed by atoms with Crippen molar-refractivity contribution in [1.82, 2.24) is 9.88 Å². The molecule has 0 radical (unpaired) electrons. The van der Waals surface area contributed by atoms with Crippen molar-refractivity contribution >= 4 is 28.5 Å². The summed E-state index contributed by atoms with van der Waals surface area (Å²) in [7, 11) is 0. The highest BCUT2D eigenvalue weighted by Gasteiger charge is 2.29. The zero-order valence-electron chi connectivity index (χ0n) is 15.6. The Balaban J connectivity index is 1.70. The van der Waals surface area contributed by atoms with Gasteiger partial charge in [-0.05, 0) is 66.7 Å². The third-order valence-electron chi connectivity index (χ3n) is 5.74. The second-order valence-corrected chi connectivity index (χ2v) is 7.55. The summed E-state index contributed by atoms with van der Waals surface area (Å²) in [6.07, 6.45) is 5.92. The van der Waals surface area contributed by atoms with Crippen LogP contribution in [0.25, 0.3) is 22.6 Å². The Kier molecular flexibility index (Phi) is 4.19. The van der Waals surface area contributed by atoms with E-state index in [1.807, 2.05) is 29.2 Å². The lowest BCUT2D eigenvalue weighted by molar-refractivity contribution is 0.0652. The summed E-state index contributed by atoms with van der Waals surface area (Å²) in [5.41, 5.74) is 5.75. The smallest absolute Gasteiger partial charge is 0.254 e. The fourth-order valence-electron chi connectivity index (χ4n) is 4.16. The number of para-hydroxylation sites is 1. The number of aromatic nitrogens is 1. The van der Waals surface area contributed by atoms with E-state index in [0.717, 1.165) is 77.6 Å². The number of benzene rings is 2. The highest BCUT2D eigenvalue weighted by molar-refractivity contribution is 6.09. The van der Waals surface area contributed by atoms with Gasteiger partial charge >= 0.3 is 0 Å². The van der Waals surface area contributed by atoms with Gasteiger partial charge in [-0.1, -0.05) is 30.3 Å². The van der Waals surface area contributed by atoms with E-state index in [0.29, 0.717) is 0 Å². The largest absolute Gasteiger partial charge is 0.338 e. The number of pyridine rings is 1. The lowest BCUT2D eigenvalue weighted by Crippen LogP contribution is -2.42. The van der Waals surface area contributed by atoms with Crippen molar-refractivity contribution in [2.24, 2.45) is 0 Å². The van der Waals surface area contributed by atoms with Gasteiger partial charge in [-0.15, -0.1) is 0 Å². The molecule has 1 amide bonds. The minimum atomic E-state index is -0.238. The number of carbonyl (C=O) groups is 1. The number of halogens is 1. The first-order valence-electron chi connectivity index (χ1n) is 9.88. The Morgan fingerprint density at radius 1 is 1.00 bits per heavy atom. The molecule has 0 unspecified atom stereocenters. The number of nitrogens with zero attached hydrogens (tertiary/aromatic N) is 2. The highest BCUT2D eigenvalue weighted by atomic mass is 19.1. The van der Waals surface area contributed by atoms with Crippen molar-refractivity contribution in [2.45, 2.75) is 25.7 Å². The molecule has 3 nitrogen and oxygen atoms in total. The van der Waals surface area contributed by atoms with Gasteiger partial charge in [0, 0.05) is 18.5 Å². The quantitative estimate of drug-likeness (QED) is 0.627. The van der Waals surface area contributed by atoms with Gasteiger partial charge in [-0.3, -0.25) is 4.79 Å². The maximum absolute atomic E-state index is 13.3. The van der Waals surface area contributed by atoms with E-state index in [9.17, 15) is 9.18 Å². The minimum Gasteiger partial charge on any atom is -0.338 e. The van der Waals surface area contributed by atoms with Gasteiger partial charge in [-0.25, -0.2) is 9.37 Å². The van der Waals surface area contributed by atoms with Crippen molar-refractivity contribution in [3.8, 4) is 0 Å². The zero-order chi connectivity index (χ0) is 19.1. The first-order chi connectivity index (χ1) is 13.7. The lowest BCUT2D eigenvalue weighted by atomic mass is 9.85. The van der Waals surface area contributed by atoms with Crippen LogP contribution in [0.2, 0.25) is 0 Å². The van der Waals surface area contributed by atoms with Crippen LogP contribution in [0.1, 0.15) is 46.4 Å². The van der Waals surface area contributed by atoms with Crippen LogP contribution >= 0.6 is 0 Å². The van der Waals surface area contributed by atoms with Crippen molar-refractivity contribution in [2.75, 3.05) is 13.1 Å². The molecule has 0 bridgehead atoms. The van der Waals surface area contributed by atoms with Crippen LogP contribution in [0.15, 0.2) is 48.5 Å². The molecule has 1 fully saturated rings. The van der Waals surface area contributed by atoms with Crippen LogP contribution in [-0.4, -0.2) is 28.9 Å². The van der Waals surface area contributed by atoms with Gasteiger partial charge in [0.25, 0.3) is 5.91 Å². The third-order valence-corrected chi connectivity index (χ3v) is 5.74. The summed E-state index contributed by atoms with van der Waals surface area (Å²) < 4.78 is 13.3. The Morgan fingerprint density at radius 3 is 2.54 bits per heavy atom. The van der Waals surface area contributed by atoms with Crippen molar-refractivity contribution in [3.63, 3.8) is 0 Å². The summed E-state index contributed by atoms with van der Waals surface area (Å²) in [6.45, 7) is 1.67. The van der Waals surface area contributed by atoms with Gasteiger partial charge in [0.2, 0.25) is 0 Å². The molecule has 140 valence electrons. The molecule has 2 aromatic carbocycles. The van der Waals surface area contributed by atoms with Gasteiger partial charge < -0.3 is 4.90 Å². The average Bonchev–Trinajstić information content (AvgIpc) is 2.67. The Labute approximate surface area is 163 Å². The number of amides is 1. The molecule has 2 heterocycles. The molecule has 0 N–H and O–H groups in total. The van der Waals surface area contributed by atoms with E-state index >= 15 is 0 Å². The Morgan fingerprint density at radius 2 is 1.79 bits per heavy atom. The molecular formula is C24H21FN2O. The number of hydrogen-bond acceptors (Lipinski definition) is 2. The SMILES string of the molecule is O=C(c1c2c(nc3ccccc13)/C(=C/c1ccc(F)cc1)CCC2)N1CCC1. The summed E-state index contributed by atoms with van der Waals surface area (Å²) in [5.74, 6) is -0.109. The van der Waals surface area contributed by atoms with Crippen LogP contribution < -0.4 is 0 Å². The van der Waals surface area contributed by atoms with Crippen molar-refractivity contribution in [1.29, 1.82) is 0 Å². The number of carbonyl (C=O) groups excluding carboxylic acids is 1. The lowest BCUT2D eigenvalue weighted by Gasteiger charge is -2.33. The molecule has 4 heteroatoms. The number of rotatable bonds is 2. The van der Waals surface area contributed by atoms with Crippen LogP contribution in [0.3, 0.4) is 0 Å². The van der Waals surface area contributed by atoms with E-state index in [4.69, 9.17) is 4.98 Å². The van der Waals surface area contributed by atoms with E-state index in [1.165, 1.54) is 12.1 Å². The predicted octanol–water partition coefficient (Wildman–Crippen LogP) is 5.10. The van der Waals surface area contributed by atoms with Crippen molar-refractivity contribution < 1.29 is 9.18 Å². The standard InChI is InChI=1S/C24H21FN2O/c25-18-11-9-16(10-12-18)15-17-5-3-7-20-22(24(28)27-13-4-14-27)19-6-1-2-8-21(19)26-23(17)20/h1-2,6,8-12,15H,3-5,7,13-14H2/b17-15+. The molecule has 1 aliphatic heterocycles. The maximum atomic E-state index is 13.3. The highest BCUT2D eigenvalue weighted by Crippen LogP contribution is 2.37. The molecule has 1 saturated heterocycles. The zero-order valence-corrected chi connectivity index (χ0v) is 15.6. The van der Waals surface area contributed by atoms with Crippen LogP contribution in [0.4, 0.5) is 4.39 Å². The van der Waals surface area contributed by atoms with Crippen molar-refractivity contribution in [3.05, 3.63) is 76.7 Å².